The molecule has 3 heterocycles. The van der Waals surface area contributed by atoms with Crippen molar-refractivity contribution in [3.63, 3.8) is 0 Å². The third-order valence-electron chi connectivity index (χ3n) is 4.64. The lowest BCUT2D eigenvalue weighted by Gasteiger charge is -2.20. The second-order valence-corrected chi connectivity index (χ2v) is 8.20. The molecule has 2 saturated heterocycles. The fourth-order valence-electron chi connectivity index (χ4n) is 3.57. The van der Waals surface area contributed by atoms with E-state index in [1.165, 1.54) is 12.4 Å². The van der Waals surface area contributed by atoms with Gasteiger partial charge in [0.05, 0.1) is 11.0 Å². The van der Waals surface area contributed by atoms with Gasteiger partial charge in [0.15, 0.2) is 9.84 Å². The number of sulfone groups is 1. The Balaban J connectivity index is 1.78. The number of rotatable bonds is 1. The predicted molar refractivity (Wildman–Crippen MR) is 80.7 cm³/mol. The molecule has 22 heavy (non-hydrogen) atoms. The average Bonchev–Trinajstić information content (AvgIpc) is 3.00. The van der Waals surface area contributed by atoms with E-state index in [0.717, 1.165) is 0 Å². The highest BCUT2D eigenvalue weighted by atomic mass is 32.2. The van der Waals surface area contributed by atoms with Crippen LogP contribution in [0.4, 0.5) is 10.2 Å². The largest absolute Gasteiger partial charge is 0.354 e. The maximum Gasteiger partial charge on any atom is 0.156 e. The zero-order valence-electron chi connectivity index (χ0n) is 11.7. The highest BCUT2D eigenvalue weighted by Gasteiger charge is 2.51. The zero-order chi connectivity index (χ0) is 15.5. The van der Waals surface area contributed by atoms with Crippen molar-refractivity contribution in [3.8, 4) is 0 Å². The van der Waals surface area contributed by atoms with Crippen molar-refractivity contribution >= 4 is 26.6 Å². The van der Waals surface area contributed by atoms with Crippen LogP contribution >= 0.6 is 0 Å². The summed E-state index contributed by atoms with van der Waals surface area (Å²) in [7, 11) is -3.16. The van der Waals surface area contributed by atoms with Gasteiger partial charge in [0.1, 0.15) is 23.5 Å². The summed E-state index contributed by atoms with van der Waals surface area (Å²) >= 11 is 0. The molecule has 116 valence electrons. The molecule has 0 bridgehead atoms. The van der Waals surface area contributed by atoms with E-state index >= 15 is 0 Å². The molecule has 0 amide bonds. The molecule has 1 aromatic carbocycles. The molecule has 4 rings (SSSR count). The van der Waals surface area contributed by atoms with Gasteiger partial charge in [-0.3, -0.25) is 0 Å². The van der Waals surface area contributed by atoms with Gasteiger partial charge in [0, 0.05) is 30.4 Å². The summed E-state index contributed by atoms with van der Waals surface area (Å²) in [5.41, 5.74) is 6.22. The smallest absolute Gasteiger partial charge is 0.156 e. The van der Waals surface area contributed by atoms with Crippen molar-refractivity contribution in [2.75, 3.05) is 23.7 Å². The summed E-state index contributed by atoms with van der Waals surface area (Å²) in [6, 6.07) is 4.35. The van der Waals surface area contributed by atoms with E-state index in [1.54, 1.807) is 12.1 Å². The van der Waals surface area contributed by atoms with Gasteiger partial charge >= 0.3 is 0 Å². The Kier molecular flexibility index (Phi) is 2.89. The first-order chi connectivity index (χ1) is 10.5. The van der Waals surface area contributed by atoms with Crippen molar-refractivity contribution < 1.29 is 12.8 Å². The highest BCUT2D eigenvalue weighted by Crippen LogP contribution is 2.36. The van der Waals surface area contributed by atoms with Gasteiger partial charge in [-0.2, -0.15) is 0 Å². The van der Waals surface area contributed by atoms with Crippen LogP contribution in [0.5, 0.6) is 0 Å². The molecule has 2 aromatic rings. The molecule has 2 N–H and O–H groups in total. The Morgan fingerprint density at radius 2 is 2.09 bits per heavy atom. The highest BCUT2D eigenvalue weighted by molar-refractivity contribution is 7.92. The van der Waals surface area contributed by atoms with Gasteiger partial charge in [0.25, 0.3) is 0 Å². The molecule has 0 spiro atoms. The number of nitrogens with two attached hydrogens (primary N) is 1. The van der Waals surface area contributed by atoms with Crippen LogP contribution in [0.15, 0.2) is 24.5 Å². The lowest BCUT2D eigenvalue weighted by Crippen LogP contribution is -2.33. The number of halogens is 1. The van der Waals surface area contributed by atoms with Crippen molar-refractivity contribution in [2.45, 2.75) is 11.3 Å². The summed E-state index contributed by atoms with van der Waals surface area (Å²) in [6.45, 7) is 0.872. The summed E-state index contributed by atoms with van der Waals surface area (Å²) in [5.74, 6) is 0.115. The number of benzene rings is 1. The van der Waals surface area contributed by atoms with Crippen LogP contribution in [-0.4, -0.2) is 48.5 Å². The van der Waals surface area contributed by atoms with Crippen molar-refractivity contribution in [3.05, 3.63) is 30.3 Å². The second-order valence-electron chi connectivity index (χ2n) is 5.93. The number of aromatic nitrogens is 2. The molecule has 1 aromatic heterocycles. The minimum atomic E-state index is -3.16. The van der Waals surface area contributed by atoms with E-state index < -0.39 is 20.9 Å². The van der Waals surface area contributed by atoms with Gasteiger partial charge in [-0.05, 0) is 12.1 Å². The Morgan fingerprint density at radius 1 is 1.27 bits per heavy atom. The van der Waals surface area contributed by atoms with Crippen LogP contribution in [-0.2, 0) is 9.84 Å². The first-order valence-corrected chi connectivity index (χ1v) is 8.80. The number of hydrogen-bond donors (Lipinski definition) is 1. The minimum absolute atomic E-state index is 0.0509. The van der Waals surface area contributed by atoms with Crippen LogP contribution in [0, 0.1) is 11.7 Å². The Labute approximate surface area is 127 Å². The summed E-state index contributed by atoms with van der Waals surface area (Å²) < 4.78 is 38.1. The van der Waals surface area contributed by atoms with Crippen molar-refractivity contribution in [2.24, 2.45) is 11.7 Å². The van der Waals surface area contributed by atoms with Gasteiger partial charge < -0.3 is 10.6 Å². The molecule has 0 aliphatic carbocycles. The van der Waals surface area contributed by atoms with E-state index in [2.05, 4.69) is 9.97 Å². The van der Waals surface area contributed by atoms with Crippen LogP contribution in [0.3, 0.4) is 0 Å². The van der Waals surface area contributed by atoms with Crippen LogP contribution < -0.4 is 10.6 Å². The van der Waals surface area contributed by atoms with Crippen LogP contribution in [0.2, 0.25) is 0 Å². The van der Waals surface area contributed by atoms with Gasteiger partial charge in [0.2, 0.25) is 0 Å². The van der Waals surface area contributed by atoms with E-state index in [4.69, 9.17) is 5.73 Å². The Morgan fingerprint density at radius 3 is 2.86 bits per heavy atom. The van der Waals surface area contributed by atoms with Crippen molar-refractivity contribution in [1.82, 2.24) is 9.97 Å². The van der Waals surface area contributed by atoms with Crippen molar-refractivity contribution in [1.29, 1.82) is 0 Å². The molecular weight excluding hydrogens is 307 g/mol. The fraction of sp³-hybridized carbons (Fsp3) is 0.429. The number of anilines is 1. The molecular formula is C14H15FN4O2S. The van der Waals surface area contributed by atoms with Gasteiger partial charge in [-0.25, -0.2) is 22.8 Å². The monoisotopic (exact) mass is 322 g/mol. The quantitative estimate of drug-likeness (QED) is 0.814. The zero-order valence-corrected chi connectivity index (χ0v) is 12.5. The van der Waals surface area contributed by atoms with E-state index in [1.807, 2.05) is 4.90 Å². The average molecular weight is 322 g/mol. The maximum absolute atomic E-state index is 13.8. The summed E-state index contributed by atoms with van der Waals surface area (Å²) in [5, 5.41) is 0.134. The molecule has 0 radical (unpaired) electrons. The minimum Gasteiger partial charge on any atom is -0.354 e. The molecule has 0 unspecified atom stereocenters. The predicted octanol–water partition coefficient (Wildman–Crippen LogP) is 0.329. The van der Waals surface area contributed by atoms with Crippen LogP contribution in [0.25, 0.3) is 10.9 Å². The molecule has 2 aliphatic rings. The Bertz CT molecular complexity index is 857. The van der Waals surface area contributed by atoms with Crippen LogP contribution in [0.1, 0.15) is 0 Å². The molecule has 8 heteroatoms. The lowest BCUT2D eigenvalue weighted by molar-refractivity contribution is 0.523. The van der Waals surface area contributed by atoms with E-state index in [9.17, 15) is 12.8 Å². The number of hydrogen-bond acceptors (Lipinski definition) is 6. The molecule has 2 aliphatic heterocycles. The summed E-state index contributed by atoms with van der Waals surface area (Å²) in [4.78, 5) is 10.1. The maximum atomic E-state index is 13.8. The van der Waals surface area contributed by atoms with Gasteiger partial charge in [-0.15, -0.1) is 0 Å². The van der Waals surface area contributed by atoms with Gasteiger partial charge in [-0.1, -0.05) is 6.07 Å². The SMILES string of the molecule is N[C@@H]1CS(=O)(=O)[C@H]2CN(c3ncnc4c(F)cccc34)C[C@@H]12. The summed E-state index contributed by atoms with van der Waals surface area (Å²) in [6.07, 6.45) is 1.31. The normalized spacial score (nSPS) is 29.9. The topological polar surface area (TPSA) is 89.2 Å². The standard InChI is InChI=1S/C14H15FN4O2S/c15-10-3-1-2-8-13(10)17-7-18-14(8)19-4-9-11(16)6-22(20,21)12(9)5-19/h1-3,7,9,11-12H,4-6,16H2/t9-,11+,12-/m0/s1. The second kappa shape index (κ2) is 4.60. The first-order valence-electron chi connectivity index (χ1n) is 7.09. The fourth-order valence-corrected chi connectivity index (χ4v) is 5.83. The molecule has 6 nitrogen and oxygen atoms in total. The number of nitrogens with zero attached hydrogens (tertiary/aromatic N) is 3. The molecule has 0 saturated carbocycles. The molecule has 3 atom stereocenters. The first kappa shape index (κ1) is 13.8. The van der Waals surface area contributed by atoms with E-state index in [-0.39, 0.29) is 23.2 Å². The van der Waals surface area contributed by atoms with E-state index in [0.29, 0.717) is 24.3 Å². The Hall–Kier alpha value is -1.80. The third-order valence-corrected chi connectivity index (χ3v) is 6.91. The number of para-hydroxylation sites is 1. The molecule has 2 fully saturated rings. The number of fused-ring (bicyclic) bond motifs is 2. The third kappa shape index (κ3) is 1.90. The lowest BCUT2D eigenvalue weighted by atomic mass is 10.0.